The van der Waals surface area contributed by atoms with Gasteiger partial charge in [0.1, 0.15) is 5.82 Å². The number of aryl methyl sites for hydroxylation is 2. The van der Waals surface area contributed by atoms with Crippen molar-refractivity contribution in [2.45, 2.75) is 18.4 Å². The highest BCUT2D eigenvalue weighted by Crippen LogP contribution is 2.28. The van der Waals surface area contributed by atoms with Crippen LogP contribution in [0.3, 0.4) is 0 Å². The lowest BCUT2D eigenvalue weighted by Crippen LogP contribution is -2.28. The Labute approximate surface area is 161 Å². The fraction of sp³-hybridized carbons (Fsp3) is 0.235. The largest absolute Gasteiger partial charge is 0.337 e. The maximum atomic E-state index is 12.2. The van der Waals surface area contributed by atoms with Crippen LogP contribution in [0, 0.1) is 6.92 Å². The van der Waals surface area contributed by atoms with Crippen molar-refractivity contribution in [2.24, 2.45) is 7.05 Å². The Morgan fingerprint density at radius 2 is 2.00 bits per heavy atom. The Bertz CT molecular complexity index is 1020. The molecule has 0 aliphatic rings. The van der Waals surface area contributed by atoms with Crippen molar-refractivity contribution in [1.29, 1.82) is 0 Å². The smallest absolute Gasteiger partial charge is 0.259 e. The molecule has 2 aromatic heterocycles. The number of imidazole rings is 1. The van der Waals surface area contributed by atoms with E-state index in [0.717, 1.165) is 10.4 Å². The minimum atomic E-state index is -3.74. The Hall–Kier alpha value is -2.56. The maximum absolute atomic E-state index is 12.2. The first-order chi connectivity index (χ1) is 12.8. The fourth-order valence-corrected chi connectivity index (χ4v) is 4.18. The summed E-state index contributed by atoms with van der Waals surface area (Å²) in [6.45, 7) is 1.69. The van der Waals surface area contributed by atoms with Crippen LogP contribution in [0.2, 0.25) is 0 Å². The van der Waals surface area contributed by atoms with Gasteiger partial charge in [-0.15, -0.1) is 0 Å². The van der Waals surface area contributed by atoms with Crippen molar-refractivity contribution >= 4 is 32.4 Å². The van der Waals surface area contributed by atoms with Crippen molar-refractivity contribution < 1.29 is 13.2 Å². The number of hydrogen-bond donors (Lipinski definition) is 2. The highest BCUT2D eigenvalue weighted by molar-refractivity contribution is 7.89. The van der Waals surface area contributed by atoms with E-state index in [4.69, 9.17) is 0 Å². The lowest BCUT2D eigenvalue weighted by atomic mass is 10.2. The molecule has 0 aliphatic carbocycles. The van der Waals surface area contributed by atoms with Gasteiger partial charge in [0.15, 0.2) is 10.2 Å². The average Bonchev–Trinajstić information content (AvgIpc) is 3.23. The highest BCUT2D eigenvalue weighted by atomic mass is 32.2. The van der Waals surface area contributed by atoms with Gasteiger partial charge < -0.3 is 9.88 Å². The van der Waals surface area contributed by atoms with E-state index in [-0.39, 0.29) is 23.9 Å². The fourth-order valence-electron chi connectivity index (χ4n) is 2.28. The van der Waals surface area contributed by atoms with Gasteiger partial charge in [-0.1, -0.05) is 41.7 Å². The zero-order valence-electron chi connectivity index (χ0n) is 14.8. The van der Waals surface area contributed by atoms with Gasteiger partial charge in [-0.3, -0.25) is 4.79 Å². The summed E-state index contributed by atoms with van der Waals surface area (Å²) >= 11 is 1.36. The quantitative estimate of drug-likeness (QED) is 0.627. The number of nitrogens with one attached hydrogen (secondary N) is 2. The SMILES string of the molecule is Cc1nc(S(=O)(=O)NCCC(=O)Nc2ncc(-c3ccccc3)s2)cn1C. The molecule has 2 heterocycles. The second kappa shape index (κ2) is 7.99. The predicted octanol–water partition coefficient (Wildman–Crippen LogP) is 2.16. The summed E-state index contributed by atoms with van der Waals surface area (Å²) < 4.78 is 28.3. The summed E-state index contributed by atoms with van der Waals surface area (Å²) in [6.07, 6.45) is 3.12. The van der Waals surface area contributed by atoms with Crippen molar-refractivity contribution in [3.63, 3.8) is 0 Å². The van der Waals surface area contributed by atoms with Crippen LogP contribution in [-0.2, 0) is 21.9 Å². The lowest BCUT2D eigenvalue weighted by molar-refractivity contribution is -0.116. The summed E-state index contributed by atoms with van der Waals surface area (Å²) in [7, 11) is -2.02. The molecule has 0 saturated carbocycles. The van der Waals surface area contributed by atoms with Gasteiger partial charge in [0.25, 0.3) is 10.0 Å². The summed E-state index contributed by atoms with van der Waals surface area (Å²) in [4.78, 5) is 21.1. The third kappa shape index (κ3) is 4.79. The Morgan fingerprint density at radius 1 is 1.26 bits per heavy atom. The van der Waals surface area contributed by atoms with E-state index in [2.05, 4.69) is 20.0 Å². The zero-order chi connectivity index (χ0) is 19.4. The molecule has 8 nitrogen and oxygen atoms in total. The Balaban J connectivity index is 1.52. The lowest BCUT2D eigenvalue weighted by Gasteiger charge is -2.04. The van der Waals surface area contributed by atoms with Gasteiger partial charge in [0.05, 0.1) is 4.88 Å². The maximum Gasteiger partial charge on any atom is 0.259 e. The normalized spacial score (nSPS) is 11.5. The first-order valence-corrected chi connectivity index (χ1v) is 10.5. The summed E-state index contributed by atoms with van der Waals surface area (Å²) in [5.41, 5.74) is 1.02. The van der Waals surface area contributed by atoms with Crippen LogP contribution in [0.5, 0.6) is 0 Å². The molecule has 3 aromatic rings. The number of anilines is 1. The van der Waals surface area contributed by atoms with Crippen molar-refractivity contribution in [3.8, 4) is 10.4 Å². The topological polar surface area (TPSA) is 106 Å². The van der Waals surface area contributed by atoms with Crippen molar-refractivity contribution in [3.05, 3.63) is 48.5 Å². The van der Waals surface area contributed by atoms with Gasteiger partial charge in [0.2, 0.25) is 5.91 Å². The molecule has 0 atom stereocenters. The van der Waals surface area contributed by atoms with E-state index in [1.54, 1.807) is 24.7 Å². The average molecular weight is 406 g/mol. The molecule has 0 bridgehead atoms. The summed E-state index contributed by atoms with van der Waals surface area (Å²) in [5, 5.41) is 3.10. The number of amides is 1. The highest BCUT2D eigenvalue weighted by Gasteiger charge is 2.18. The van der Waals surface area contributed by atoms with E-state index in [1.807, 2.05) is 30.3 Å². The number of sulfonamides is 1. The third-order valence-electron chi connectivity index (χ3n) is 3.82. The van der Waals surface area contributed by atoms with Gasteiger partial charge >= 0.3 is 0 Å². The minimum Gasteiger partial charge on any atom is -0.337 e. The minimum absolute atomic E-state index is 0.00863. The molecule has 10 heteroatoms. The molecule has 3 rings (SSSR count). The molecular weight excluding hydrogens is 386 g/mol. The van der Waals surface area contributed by atoms with Crippen LogP contribution in [0.1, 0.15) is 12.2 Å². The van der Waals surface area contributed by atoms with Gasteiger partial charge in [-0.25, -0.2) is 23.1 Å². The second-order valence-corrected chi connectivity index (χ2v) is 8.57. The van der Waals surface area contributed by atoms with Gasteiger partial charge in [0, 0.05) is 32.4 Å². The number of thiazole rings is 1. The number of rotatable bonds is 7. The van der Waals surface area contributed by atoms with E-state index < -0.39 is 10.0 Å². The molecule has 142 valence electrons. The molecule has 0 aliphatic heterocycles. The molecule has 1 aromatic carbocycles. The number of benzene rings is 1. The molecule has 2 N–H and O–H groups in total. The molecule has 0 unspecified atom stereocenters. The molecule has 0 radical (unpaired) electrons. The summed E-state index contributed by atoms with van der Waals surface area (Å²) in [5.74, 6) is 0.273. The predicted molar refractivity (Wildman–Crippen MR) is 104 cm³/mol. The molecule has 0 spiro atoms. The van der Waals surface area contributed by atoms with E-state index in [0.29, 0.717) is 11.0 Å². The monoisotopic (exact) mass is 405 g/mol. The van der Waals surface area contributed by atoms with E-state index in [1.165, 1.54) is 17.5 Å². The standard InChI is InChI=1S/C17H19N5O3S2/c1-12-20-16(11-22(12)2)27(24,25)19-9-8-15(23)21-17-18-10-14(26-17)13-6-4-3-5-7-13/h3-7,10-11,19H,8-9H2,1-2H3,(H,18,21,23). The number of carbonyl (C=O) groups is 1. The number of aromatic nitrogens is 3. The first kappa shape index (κ1) is 19.2. The molecule has 0 fully saturated rings. The van der Waals surface area contributed by atoms with Crippen LogP contribution in [0.15, 0.2) is 47.8 Å². The van der Waals surface area contributed by atoms with E-state index in [9.17, 15) is 13.2 Å². The first-order valence-electron chi connectivity index (χ1n) is 8.16. The van der Waals surface area contributed by atoms with Gasteiger partial charge in [-0.05, 0) is 12.5 Å². The van der Waals surface area contributed by atoms with Crippen LogP contribution in [0.25, 0.3) is 10.4 Å². The van der Waals surface area contributed by atoms with E-state index >= 15 is 0 Å². The third-order valence-corrected chi connectivity index (χ3v) is 6.11. The van der Waals surface area contributed by atoms with Crippen LogP contribution < -0.4 is 10.0 Å². The Morgan fingerprint density at radius 3 is 2.67 bits per heavy atom. The number of nitrogens with zero attached hydrogens (tertiary/aromatic N) is 3. The Kier molecular flexibility index (Phi) is 5.68. The number of hydrogen-bond acceptors (Lipinski definition) is 6. The van der Waals surface area contributed by atoms with Crippen LogP contribution in [-0.4, -0.2) is 35.4 Å². The van der Waals surface area contributed by atoms with Crippen LogP contribution in [0.4, 0.5) is 5.13 Å². The van der Waals surface area contributed by atoms with Crippen molar-refractivity contribution in [1.82, 2.24) is 19.3 Å². The van der Waals surface area contributed by atoms with Crippen molar-refractivity contribution in [2.75, 3.05) is 11.9 Å². The molecule has 1 amide bonds. The second-order valence-electron chi connectivity index (χ2n) is 5.83. The summed E-state index contributed by atoms with van der Waals surface area (Å²) in [6, 6.07) is 9.73. The zero-order valence-corrected chi connectivity index (χ0v) is 16.5. The molecule has 0 saturated heterocycles. The molecule has 27 heavy (non-hydrogen) atoms. The molecular formula is C17H19N5O3S2. The van der Waals surface area contributed by atoms with Gasteiger partial charge in [-0.2, -0.15) is 0 Å². The number of carbonyl (C=O) groups excluding carboxylic acids is 1. The van der Waals surface area contributed by atoms with Crippen LogP contribution >= 0.6 is 11.3 Å².